The average Bonchev–Trinajstić information content (AvgIpc) is 2.39. The topological polar surface area (TPSA) is 9.23 Å². The maximum Gasteiger partial charge on any atom is 0.123 e. The summed E-state index contributed by atoms with van der Waals surface area (Å²) in [5.74, 6) is 1.07. The first-order valence-corrected chi connectivity index (χ1v) is 6.25. The number of allylic oxidation sites excluding steroid dienone is 5. The quantitative estimate of drug-likeness (QED) is 0.635. The normalized spacial score (nSPS) is 32.0. The lowest BCUT2D eigenvalue weighted by Crippen LogP contribution is -2.27. The molecule has 1 aliphatic heterocycles. The van der Waals surface area contributed by atoms with Gasteiger partial charge in [-0.05, 0) is 44.8 Å². The minimum absolute atomic E-state index is 0.00995. The predicted molar refractivity (Wildman–Crippen MR) is 68.1 cm³/mol. The summed E-state index contributed by atoms with van der Waals surface area (Å²) in [5.41, 5.74) is 1.53. The highest BCUT2D eigenvalue weighted by Crippen LogP contribution is 2.37. The van der Waals surface area contributed by atoms with Gasteiger partial charge in [0.1, 0.15) is 11.4 Å². The summed E-state index contributed by atoms with van der Waals surface area (Å²) < 4.78 is 6.04. The summed E-state index contributed by atoms with van der Waals surface area (Å²) in [6, 6.07) is 0. The molecule has 0 aromatic rings. The summed E-state index contributed by atoms with van der Waals surface area (Å²) >= 11 is 0. The fourth-order valence-electron chi connectivity index (χ4n) is 2.13. The molecule has 0 radical (unpaired) electrons. The third kappa shape index (κ3) is 2.23. The van der Waals surface area contributed by atoms with Crippen LogP contribution in [-0.4, -0.2) is 5.60 Å². The van der Waals surface area contributed by atoms with E-state index in [-0.39, 0.29) is 11.0 Å². The second-order valence-corrected chi connectivity index (χ2v) is 5.78. The predicted octanol–water partition coefficient (Wildman–Crippen LogP) is 4.37. The van der Waals surface area contributed by atoms with Gasteiger partial charge in [0.25, 0.3) is 0 Å². The summed E-state index contributed by atoms with van der Waals surface area (Å²) in [6.07, 6.45) is 12.4. The Morgan fingerprint density at radius 3 is 2.56 bits per heavy atom. The maximum absolute atomic E-state index is 6.04. The third-order valence-electron chi connectivity index (χ3n) is 3.74. The van der Waals surface area contributed by atoms with Crippen LogP contribution in [0.2, 0.25) is 0 Å². The van der Waals surface area contributed by atoms with Gasteiger partial charge < -0.3 is 4.74 Å². The molecule has 1 unspecified atom stereocenters. The molecule has 1 nitrogen and oxygen atoms in total. The van der Waals surface area contributed by atoms with Crippen molar-refractivity contribution in [1.29, 1.82) is 0 Å². The molecule has 0 N–H and O–H groups in total. The Morgan fingerprint density at radius 2 is 1.88 bits per heavy atom. The molecule has 0 amide bonds. The zero-order valence-electron chi connectivity index (χ0n) is 10.8. The largest absolute Gasteiger partial charge is 0.488 e. The van der Waals surface area contributed by atoms with E-state index in [9.17, 15) is 0 Å². The van der Waals surface area contributed by atoms with Gasteiger partial charge in [0.2, 0.25) is 0 Å². The molecule has 2 aliphatic rings. The number of rotatable bonds is 1. The summed E-state index contributed by atoms with van der Waals surface area (Å²) in [6.45, 7) is 8.82. The lowest BCUT2D eigenvalue weighted by atomic mass is 9.87. The monoisotopic (exact) mass is 218 g/mol. The van der Waals surface area contributed by atoms with E-state index in [1.54, 1.807) is 0 Å². The zero-order valence-corrected chi connectivity index (χ0v) is 10.8. The Hall–Kier alpha value is -0.980. The van der Waals surface area contributed by atoms with Gasteiger partial charge in [-0.25, -0.2) is 0 Å². The molecule has 2 rings (SSSR count). The van der Waals surface area contributed by atoms with Crippen LogP contribution >= 0.6 is 0 Å². The number of hydrogen-bond donors (Lipinski definition) is 0. The molecule has 1 aliphatic carbocycles. The van der Waals surface area contributed by atoms with Gasteiger partial charge in [0, 0.05) is 5.41 Å². The Bertz CT molecular complexity index is 371. The molecular weight excluding hydrogens is 196 g/mol. The Labute approximate surface area is 98.9 Å². The van der Waals surface area contributed by atoms with Crippen LogP contribution in [0, 0.1) is 5.41 Å². The van der Waals surface area contributed by atoms with Crippen LogP contribution in [-0.2, 0) is 4.74 Å². The Morgan fingerprint density at radius 1 is 1.19 bits per heavy atom. The molecular formula is C15H22O. The third-order valence-corrected chi connectivity index (χ3v) is 3.74. The van der Waals surface area contributed by atoms with Crippen LogP contribution < -0.4 is 0 Å². The van der Waals surface area contributed by atoms with Gasteiger partial charge in [-0.3, -0.25) is 0 Å². The lowest BCUT2D eigenvalue weighted by Gasteiger charge is -2.32. The van der Waals surface area contributed by atoms with Crippen molar-refractivity contribution in [3.05, 3.63) is 35.6 Å². The van der Waals surface area contributed by atoms with Gasteiger partial charge in [0.15, 0.2) is 0 Å². The highest BCUT2D eigenvalue weighted by Gasteiger charge is 2.28. The molecule has 88 valence electrons. The first-order chi connectivity index (χ1) is 7.44. The van der Waals surface area contributed by atoms with Crippen LogP contribution in [0.4, 0.5) is 0 Å². The van der Waals surface area contributed by atoms with Gasteiger partial charge in [-0.15, -0.1) is 0 Å². The molecule has 1 heteroatoms. The molecule has 0 fully saturated rings. The lowest BCUT2D eigenvalue weighted by molar-refractivity contribution is 0.0211. The minimum atomic E-state index is -0.00995. The van der Waals surface area contributed by atoms with Gasteiger partial charge >= 0.3 is 0 Å². The number of hydrogen-bond acceptors (Lipinski definition) is 1. The maximum atomic E-state index is 6.04. The van der Waals surface area contributed by atoms with Crippen molar-refractivity contribution in [3.8, 4) is 0 Å². The summed E-state index contributed by atoms with van der Waals surface area (Å²) in [7, 11) is 0. The van der Waals surface area contributed by atoms with E-state index in [0.717, 1.165) is 25.0 Å². The van der Waals surface area contributed by atoms with E-state index in [0.29, 0.717) is 0 Å². The first kappa shape index (κ1) is 11.5. The average molecular weight is 218 g/mol. The van der Waals surface area contributed by atoms with E-state index in [2.05, 4.69) is 52.0 Å². The van der Waals surface area contributed by atoms with Crippen LogP contribution in [0.15, 0.2) is 35.6 Å². The molecule has 0 saturated heterocycles. The molecule has 1 atom stereocenters. The van der Waals surface area contributed by atoms with Crippen molar-refractivity contribution >= 4 is 0 Å². The summed E-state index contributed by atoms with van der Waals surface area (Å²) in [5, 5.41) is 0. The van der Waals surface area contributed by atoms with Crippen molar-refractivity contribution in [2.45, 2.75) is 52.6 Å². The van der Waals surface area contributed by atoms with Crippen molar-refractivity contribution in [3.63, 3.8) is 0 Å². The molecule has 0 aromatic carbocycles. The smallest absolute Gasteiger partial charge is 0.123 e. The summed E-state index contributed by atoms with van der Waals surface area (Å²) in [4.78, 5) is 0. The molecule has 0 aromatic heterocycles. The van der Waals surface area contributed by atoms with E-state index in [1.165, 1.54) is 5.57 Å². The number of ether oxygens (including phenoxy) is 1. The van der Waals surface area contributed by atoms with Crippen molar-refractivity contribution in [1.82, 2.24) is 0 Å². The van der Waals surface area contributed by atoms with E-state index in [4.69, 9.17) is 4.74 Å². The van der Waals surface area contributed by atoms with Crippen molar-refractivity contribution < 1.29 is 4.74 Å². The minimum Gasteiger partial charge on any atom is -0.488 e. The molecule has 0 saturated carbocycles. The highest BCUT2D eigenvalue weighted by atomic mass is 16.5. The van der Waals surface area contributed by atoms with Crippen LogP contribution in [0.5, 0.6) is 0 Å². The molecule has 16 heavy (non-hydrogen) atoms. The van der Waals surface area contributed by atoms with Crippen LogP contribution in [0.25, 0.3) is 0 Å². The van der Waals surface area contributed by atoms with Crippen LogP contribution in [0.1, 0.15) is 47.0 Å². The van der Waals surface area contributed by atoms with Crippen molar-refractivity contribution in [2.24, 2.45) is 5.41 Å². The fourth-order valence-corrected chi connectivity index (χ4v) is 2.13. The molecule has 1 heterocycles. The molecule has 0 bridgehead atoms. The Balaban J connectivity index is 2.29. The molecule has 0 spiro atoms. The van der Waals surface area contributed by atoms with E-state index in [1.807, 2.05) is 0 Å². The fraction of sp³-hybridized carbons (Fsp3) is 0.600. The van der Waals surface area contributed by atoms with Crippen molar-refractivity contribution in [2.75, 3.05) is 0 Å². The Kier molecular flexibility index (Phi) is 2.73. The van der Waals surface area contributed by atoms with E-state index >= 15 is 0 Å². The first-order valence-electron chi connectivity index (χ1n) is 6.25. The highest BCUT2D eigenvalue weighted by molar-refractivity contribution is 5.37. The zero-order chi connectivity index (χ0) is 11.8. The van der Waals surface area contributed by atoms with Gasteiger partial charge in [-0.2, -0.15) is 0 Å². The standard InChI is InChI=1S/C15H22O/c1-5-15(4)10-7-12-6-9-14(2,3)16-13(12)8-11-15/h7-8,10-11H,5-6,9H2,1-4H3. The second-order valence-electron chi connectivity index (χ2n) is 5.78. The van der Waals surface area contributed by atoms with Gasteiger partial charge in [-0.1, -0.05) is 32.1 Å². The second kappa shape index (κ2) is 3.80. The van der Waals surface area contributed by atoms with Gasteiger partial charge in [0.05, 0.1) is 0 Å². The van der Waals surface area contributed by atoms with E-state index < -0.39 is 0 Å². The van der Waals surface area contributed by atoms with Crippen LogP contribution in [0.3, 0.4) is 0 Å². The SMILES string of the molecule is CCC1(C)C=CC2=C(C=C1)OC(C)(C)CC2.